The first-order valence-corrected chi connectivity index (χ1v) is 17.4. The Morgan fingerprint density at radius 2 is 1.12 bits per heavy atom. The summed E-state index contributed by atoms with van der Waals surface area (Å²) in [5.41, 5.74) is -2.98. The molecule has 1 radical (unpaired) electrons. The van der Waals surface area contributed by atoms with Crippen LogP contribution in [0.1, 0.15) is 21.3 Å². The molecule has 6 aromatic rings. The van der Waals surface area contributed by atoms with Gasteiger partial charge in [0.1, 0.15) is 0 Å². The second kappa shape index (κ2) is 26.0. The van der Waals surface area contributed by atoms with Gasteiger partial charge in [-0.3, -0.25) is 0 Å². The summed E-state index contributed by atoms with van der Waals surface area (Å²) in [4.78, 5) is 0. The molecule has 0 bridgehead atoms. The van der Waals surface area contributed by atoms with Crippen molar-refractivity contribution in [3.8, 4) is 16.9 Å². The summed E-state index contributed by atoms with van der Waals surface area (Å²) in [6.45, 7) is 5.67. The van der Waals surface area contributed by atoms with Gasteiger partial charge in [-0.1, -0.05) is 104 Å². The molecule has 0 saturated heterocycles. The number of hydrogen-bond donors (Lipinski definition) is 0. The Bertz CT molecular complexity index is 1930. The van der Waals surface area contributed by atoms with Crippen LogP contribution in [0.3, 0.4) is 0 Å². The average Bonchev–Trinajstić information content (AvgIpc) is 3.08. The Hall–Kier alpha value is -1.87. The molecule has 0 aromatic heterocycles. The SMILES string of the molecule is Brc1c(-c2ccccc2)ccc2ccccc12.C.CCOCC.O=S(=O)(Oc1ccc2ccccc2c1Br)C(F)(F)F.[Br-].[Mg+2].[V].[c-]1ccccc1. The molecule has 0 aliphatic carbocycles. The number of benzene rings is 6. The van der Waals surface area contributed by atoms with Crippen LogP contribution >= 0.6 is 31.9 Å². The average molecular weight is 961 g/mol. The van der Waals surface area contributed by atoms with Crippen LogP contribution in [-0.4, -0.2) is 50.2 Å². The number of alkyl halides is 3. The number of fused-ring (bicyclic) bond motifs is 2. The van der Waals surface area contributed by atoms with Gasteiger partial charge in [0.05, 0.1) is 4.47 Å². The molecule has 0 fully saturated rings. The van der Waals surface area contributed by atoms with Gasteiger partial charge < -0.3 is 25.9 Å². The van der Waals surface area contributed by atoms with Crippen LogP contribution < -0.4 is 21.2 Å². The van der Waals surface area contributed by atoms with Gasteiger partial charge in [0.2, 0.25) is 0 Å². The molecule has 0 spiro atoms. The van der Waals surface area contributed by atoms with Crippen LogP contribution in [0.25, 0.3) is 32.7 Å². The summed E-state index contributed by atoms with van der Waals surface area (Å²) in [6.07, 6.45) is 0. The van der Waals surface area contributed by atoms with Crippen LogP contribution in [-0.2, 0) is 33.4 Å². The number of rotatable bonds is 5. The summed E-state index contributed by atoms with van der Waals surface area (Å²) >= 11 is 6.76. The van der Waals surface area contributed by atoms with Gasteiger partial charge >= 0.3 is 38.7 Å². The van der Waals surface area contributed by atoms with Crippen molar-refractivity contribution in [1.82, 2.24) is 0 Å². The second-order valence-corrected chi connectivity index (χ2v) is 12.6. The van der Waals surface area contributed by atoms with E-state index in [0.717, 1.165) is 24.7 Å². The summed E-state index contributed by atoms with van der Waals surface area (Å²) in [5, 5.41) is 3.82. The zero-order chi connectivity index (χ0) is 34.3. The fraction of sp³-hybridized carbons (Fsp3) is 0.158. The summed E-state index contributed by atoms with van der Waals surface area (Å²) < 4.78 is 68.9. The zero-order valence-corrected chi connectivity index (χ0v) is 35.5. The monoisotopic (exact) mass is 957 g/mol. The molecule has 6 rings (SSSR count). The molecule has 4 nitrogen and oxygen atoms in total. The molecular weight excluding hydrogens is 924 g/mol. The van der Waals surface area contributed by atoms with Crippen LogP contribution in [0, 0.1) is 6.07 Å². The summed E-state index contributed by atoms with van der Waals surface area (Å²) in [7, 11) is -5.67. The molecule has 267 valence electrons. The first-order chi connectivity index (χ1) is 22.5. The minimum atomic E-state index is -5.67. The maximum absolute atomic E-state index is 12.2. The molecule has 51 heavy (non-hydrogen) atoms. The van der Waals surface area contributed by atoms with Crippen molar-refractivity contribution >= 4 is 86.6 Å². The summed E-state index contributed by atoms with van der Waals surface area (Å²) in [5.74, 6) is -0.406. The van der Waals surface area contributed by atoms with Crippen LogP contribution in [0.5, 0.6) is 5.75 Å². The van der Waals surface area contributed by atoms with Gasteiger partial charge in [-0.2, -0.15) is 58.0 Å². The fourth-order valence-electron chi connectivity index (χ4n) is 4.06. The van der Waals surface area contributed by atoms with Crippen LogP contribution in [0.2, 0.25) is 0 Å². The van der Waals surface area contributed by atoms with Crippen LogP contribution in [0.4, 0.5) is 13.2 Å². The Balaban J connectivity index is 0. The molecule has 0 saturated carbocycles. The molecule has 0 amide bonds. The molecule has 0 aliphatic rings. The van der Waals surface area contributed by atoms with Crippen molar-refractivity contribution in [2.45, 2.75) is 26.8 Å². The zero-order valence-electron chi connectivity index (χ0n) is 27.1. The van der Waals surface area contributed by atoms with E-state index in [0.29, 0.717) is 5.39 Å². The Kier molecular flexibility index (Phi) is 26.1. The van der Waals surface area contributed by atoms with E-state index in [1.807, 2.05) is 50.2 Å². The third-order valence-corrected chi connectivity index (χ3v) is 8.91. The molecular formula is C38H36Br3F3MgO4SV. The fourth-order valence-corrected chi connectivity index (χ4v) is 5.94. The van der Waals surface area contributed by atoms with E-state index in [4.69, 9.17) is 4.74 Å². The largest absolute Gasteiger partial charge is 2.00 e. The minimum Gasteiger partial charge on any atom is -1.00 e. The van der Waals surface area contributed by atoms with Crippen molar-refractivity contribution in [2.24, 2.45) is 0 Å². The normalized spacial score (nSPS) is 10.0. The van der Waals surface area contributed by atoms with E-state index in [9.17, 15) is 21.6 Å². The van der Waals surface area contributed by atoms with Gasteiger partial charge in [-0.05, 0) is 84.4 Å². The molecule has 0 unspecified atom stereocenters. The van der Waals surface area contributed by atoms with E-state index in [1.165, 1.54) is 32.4 Å². The molecule has 13 heteroatoms. The Morgan fingerprint density at radius 3 is 1.55 bits per heavy atom. The van der Waals surface area contributed by atoms with E-state index < -0.39 is 21.4 Å². The third-order valence-electron chi connectivity index (χ3n) is 6.27. The van der Waals surface area contributed by atoms with Crippen LogP contribution in [0.15, 0.2) is 142 Å². The van der Waals surface area contributed by atoms with E-state index in [2.05, 4.69) is 103 Å². The van der Waals surface area contributed by atoms with Gasteiger partial charge in [0.25, 0.3) is 0 Å². The van der Waals surface area contributed by atoms with Crippen molar-refractivity contribution in [3.63, 3.8) is 0 Å². The molecule has 6 aromatic carbocycles. The maximum Gasteiger partial charge on any atom is 2.00 e. The molecule has 0 atom stereocenters. The van der Waals surface area contributed by atoms with E-state index in [-0.39, 0.29) is 70.5 Å². The van der Waals surface area contributed by atoms with Crippen molar-refractivity contribution in [1.29, 1.82) is 0 Å². The molecule has 0 heterocycles. The summed E-state index contributed by atoms with van der Waals surface area (Å²) in [6, 6.07) is 45.1. The number of ether oxygens (including phenoxy) is 1. The van der Waals surface area contributed by atoms with Gasteiger partial charge in [0, 0.05) is 36.2 Å². The second-order valence-electron chi connectivity index (χ2n) is 9.46. The topological polar surface area (TPSA) is 52.6 Å². The van der Waals surface area contributed by atoms with E-state index in [1.54, 1.807) is 24.3 Å². The van der Waals surface area contributed by atoms with Crippen molar-refractivity contribution < 1.29 is 66.0 Å². The van der Waals surface area contributed by atoms with Crippen molar-refractivity contribution in [3.05, 3.63) is 148 Å². The van der Waals surface area contributed by atoms with Gasteiger partial charge in [0.15, 0.2) is 5.75 Å². The first kappa shape index (κ1) is 51.2. The predicted octanol–water partition coefficient (Wildman–Crippen LogP) is 8.89. The number of halogens is 6. The Morgan fingerprint density at radius 1 is 0.667 bits per heavy atom. The minimum absolute atomic E-state index is 0. The predicted molar refractivity (Wildman–Crippen MR) is 204 cm³/mol. The van der Waals surface area contributed by atoms with Gasteiger partial charge in [-0.15, -0.1) is 0 Å². The smallest absolute Gasteiger partial charge is 1.00 e. The van der Waals surface area contributed by atoms with Gasteiger partial charge in [-0.25, -0.2) is 0 Å². The standard InChI is InChI=1S/C16H11Br.C11H6BrF3O3S.C6H5.C4H10O.CH4.BrH.Mg.V/c17-16-14-9-5-4-8-13(14)10-11-15(16)12-6-2-1-3-7-12;12-10-8-4-2-1-3-7(8)5-6-9(10)18-19(16,17)11(13,14)15;1-2-4-6-5-3-1;1-3-5-4-2;;;;/h1-11H;1-6H;1-5H;3-4H2,1-2H3;1H4;1H;;/q;;-1;;;;+2;/p-1. The molecule has 0 N–H and O–H groups in total. The maximum atomic E-state index is 12.2. The third kappa shape index (κ3) is 16.0. The number of hydrogen-bond acceptors (Lipinski definition) is 4. The van der Waals surface area contributed by atoms with E-state index >= 15 is 0 Å². The Labute approximate surface area is 354 Å². The molecule has 0 aliphatic heterocycles. The quantitative estimate of drug-likeness (QED) is 0.0751. The first-order valence-electron chi connectivity index (χ1n) is 14.4. The van der Waals surface area contributed by atoms with Crippen molar-refractivity contribution in [2.75, 3.05) is 13.2 Å².